The summed E-state index contributed by atoms with van der Waals surface area (Å²) < 4.78 is 45.1. The predicted molar refractivity (Wildman–Crippen MR) is 77.8 cm³/mol. The minimum absolute atomic E-state index is 0.00453. The second kappa shape index (κ2) is 6.11. The molecule has 0 bridgehead atoms. The van der Waals surface area contributed by atoms with Gasteiger partial charge in [0.15, 0.2) is 0 Å². The second-order valence-electron chi connectivity index (χ2n) is 4.32. The molecule has 0 unspecified atom stereocenters. The van der Waals surface area contributed by atoms with Gasteiger partial charge in [0.25, 0.3) is 0 Å². The molecular weight excluding hydrogens is 295 g/mol. The number of anilines is 1. The molecule has 0 radical (unpaired) electrons. The number of halogens is 1. The first-order valence-electron chi connectivity index (χ1n) is 6.10. The molecule has 5 nitrogen and oxygen atoms in total. The number of benzene rings is 2. The molecule has 21 heavy (non-hydrogen) atoms. The van der Waals surface area contributed by atoms with E-state index in [-0.39, 0.29) is 22.8 Å². The number of ether oxygens (including phenoxy) is 1. The SMILES string of the molecule is COc1cc(S(=O)(=O)NCc2ccccc2F)ccc1N. The monoisotopic (exact) mass is 310 g/mol. The van der Waals surface area contributed by atoms with Crippen LogP contribution in [0, 0.1) is 5.82 Å². The number of hydrogen-bond acceptors (Lipinski definition) is 4. The van der Waals surface area contributed by atoms with Gasteiger partial charge in [-0.3, -0.25) is 0 Å². The number of rotatable bonds is 5. The molecular formula is C14H15FN2O3S. The van der Waals surface area contributed by atoms with Crippen molar-refractivity contribution in [3.05, 3.63) is 53.8 Å². The van der Waals surface area contributed by atoms with E-state index in [4.69, 9.17) is 10.5 Å². The van der Waals surface area contributed by atoms with Crippen molar-refractivity contribution in [1.82, 2.24) is 4.72 Å². The largest absolute Gasteiger partial charge is 0.495 e. The van der Waals surface area contributed by atoms with Crippen molar-refractivity contribution in [3.8, 4) is 5.75 Å². The first-order valence-corrected chi connectivity index (χ1v) is 7.59. The number of sulfonamides is 1. The third-order valence-corrected chi connectivity index (χ3v) is 4.32. The molecule has 2 aromatic carbocycles. The Balaban J connectivity index is 2.21. The summed E-state index contributed by atoms with van der Waals surface area (Å²) in [7, 11) is -2.38. The lowest BCUT2D eigenvalue weighted by atomic mass is 10.2. The van der Waals surface area contributed by atoms with E-state index in [1.807, 2.05) is 0 Å². The van der Waals surface area contributed by atoms with Crippen LogP contribution >= 0.6 is 0 Å². The van der Waals surface area contributed by atoms with E-state index >= 15 is 0 Å². The van der Waals surface area contributed by atoms with Gasteiger partial charge < -0.3 is 10.5 Å². The van der Waals surface area contributed by atoms with E-state index in [9.17, 15) is 12.8 Å². The van der Waals surface area contributed by atoms with E-state index in [1.54, 1.807) is 6.07 Å². The van der Waals surface area contributed by atoms with E-state index < -0.39 is 15.8 Å². The molecule has 2 rings (SSSR count). The van der Waals surface area contributed by atoms with Crippen molar-refractivity contribution in [1.29, 1.82) is 0 Å². The molecule has 2 aromatic rings. The summed E-state index contributed by atoms with van der Waals surface area (Å²) >= 11 is 0. The van der Waals surface area contributed by atoms with Gasteiger partial charge in [-0.1, -0.05) is 18.2 Å². The van der Waals surface area contributed by atoms with Gasteiger partial charge in [-0.05, 0) is 18.2 Å². The van der Waals surface area contributed by atoms with E-state index in [0.717, 1.165) is 0 Å². The number of nitrogen functional groups attached to an aromatic ring is 1. The van der Waals surface area contributed by atoms with Crippen molar-refractivity contribution < 1.29 is 17.5 Å². The first-order chi connectivity index (χ1) is 9.94. The maximum absolute atomic E-state index is 13.5. The third-order valence-electron chi connectivity index (χ3n) is 2.93. The molecule has 7 heteroatoms. The normalized spacial score (nSPS) is 11.3. The van der Waals surface area contributed by atoms with Gasteiger partial charge in [0.1, 0.15) is 11.6 Å². The molecule has 0 aliphatic rings. The summed E-state index contributed by atoms with van der Waals surface area (Å²) in [4.78, 5) is 0.00453. The van der Waals surface area contributed by atoms with Crippen molar-refractivity contribution in [3.63, 3.8) is 0 Å². The molecule has 3 N–H and O–H groups in total. The van der Waals surface area contributed by atoms with Crippen LogP contribution in [-0.2, 0) is 16.6 Å². The lowest BCUT2D eigenvalue weighted by Gasteiger charge is -2.10. The summed E-state index contributed by atoms with van der Waals surface area (Å²) in [6, 6.07) is 10.1. The van der Waals surface area contributed by atoms with Crippen LogP contribution in [0.25, 0.3) is 0 Å². The summed E-state index contributed by atoms with van der Waals surface area (Å²) in [5, 5.41) is 0. The molecule has 0 amide bonds. The molecule has 0 aliphatic heterocycles. The van der Waals surface area contributed by atoms with Gasteiger partial charge in [0.05, 0.1) is 17.7 Å². The van der Waals surface area contributed by atoms with Gasteiger partial charge in [0.2, 0.25) is 10.0 Å². The Hall–Kier alpha value is -2.12. The van der Waals surface area contributed by atoms with E-state index in [2.05, 4.69) is 4.72 Å². The molecule has 0 saturated heterocycles. The number of hydrogen-bond donors (Lipinski definition) is 2. The van der Waals surface area contributed by atoms with Crippen molar-refractivity contribution in [2.45, 2.75) is 11.4 Å². The van der Waals surface area contributed by atoms with Crippen molar-refractivity contribution in [2.24, 2.45) is 0 Å². The summed E-state index contributed by atoms with van der Waals surface area (Å²) in [6.45, 7) is -0.137. The zero-order chi connectivity index (χ0) is 15.5. The molecule has 0 spiro atoms. The lowest BCUT2D eigenvalue weighted by Crippen LogP contribution is -2.23. The van der Waals surface area contributed by atoms with E-state index in [1.165, 1.54) is 43.5 Å². The highest BCUT2D eigenvalue weighted by Crippen LogP contribution is 2.24. The standard InChI is InChI=1S/C14H15FN2O3S/c1-20-14-8-11(6-7-13(14)16)21(18,19)17-9-10-4-2-3-5-12(10)15/h2-8,17H,9,16H2,1H3. The third kappa shape index (κ3) is 3.50. The summed E-state index contributed by atoms with van der Waals surface area (Å²) in [6.07, 6.45) is 0. The van der Waals surface area contributed by atoms with Crippen LogP contribution in [0.1, 0.15) is 5.56 Å². The molecule has 0 aromatic heterocycles. The average Bonchev–Trinajstić information content (AvgIpc) is 2.46. The van der Waals surface area contributed by atoms with Crippen LogP contribution in [0.4, 0.5) is 10.1 Å². The Labute approximate surface area is 122 Å². The molecule has 0 fully saturated rings. The van der Waals surface area contributed by atoms with Crippen LogP contribution in [-0.4, -0.2) is 15.5 Å². The molecule has 0 heterocycles. The van der Waals surface area contributed by atoms with Gasteiger partial charge in [-0.2, -0.15) is 0 Å². The summed E-state index contributed by atoms with van der Waals surface area (Å²) in [5.41, 5.74) is 6.24. The fraction of sp³-hybridized carbons (Fsp3) is 0.143. The lowest BCUT2D eigenvalue weighted by molar-refractivity contribution is 0.415. The van der Waals surface area contributed by atoms with Gasteiger partial charge in [0, 0.05) is 18.2 Å². The fourth-order valence-corrected chi connectivity index (χ4v) is 2.78. The molecule has 0 atom stereocenters. The van der Waals surface area contributed by atoms with Gasteiger partial charge in [-0.15, -0.1) is 0 Å². The van der Waals surface area contributed by atoms with Crippen molar-refractivity contribution in [2.75, 3.05) is 12.8 Å². The quantitative estimate of drug-likeness (QED) is 0.826. The van der Waals surface area contributed by atoms with Crippen LogP contribution < -0.4 is 15.2 Å². The van der Waals surface area contributed by atoms with Crippen LogP contribution in [0.3, 0.4) is 0 Å². The highest BCUT2D eigenvalue weighted by atomic mass is 32.2. The molecule has 0 aliphatic carbocycles. The highest BCUT2D eigenvalue weighted by Gasteiger charge is 2.16. The van der Waals surface area contributed by atoms with Gasteiger partial charge in [-0.25, -0.2) is 17.5 Å². The van der Waals surface area contributed by atoms with E-state index in [0.29, 0.717) is 5.69 Å². The van der Waals surface area contributed by atoms with Crippen LogP contribution in [0.15, 0.2) is 47.4 Å². The van der Waals surface area contributed by atoms with Gasteiger partial charge >= 0.3 is 0 Å². The number of methoxy groups -OCH3 is 1. The smallest absolute Gasteiger partial charge is 0.241 e. The average molecular weight is 310 g/mol. The minimum Gasteiger partial charge on any atom is -0.495 e. The summed E-state index contributed by atoms with van der Waals surface area (Å²) in [5.74, 6) is -0.196. The number of nitrogens with one attached hydrogen (secondary N) is 1. The molecule has 0 saturated carbocycles. The zero-order valence-electron chi connectivity index (χ0n) is 11.3. The molecule has 112 valence electrons. The van der Waals surface area contributed by atoms with Crippen LogP contribution in [0.2, 0.25) is 0 Å². The maximum atomic E-state index is 13.5. The highest BCUT2D eigenvalue weighted by molar-refractivity contribution is 7.89. The Bertz CT molecular complexity index is 748. The second-order valence-corrected chi connectivity index (χ2v) is 6.09. The minimum atomic E-state index is -3.78. The van der Waals surface area contributed by atoms with Crippen LogP contribution in [0.5, 0.6) is 5.75 Å². The Kier molecular flexibility index (Phi) is 4.44. The Morgan fingerprint density at radius 3 is 2.62 bits per heavy atom. The maximum Gasteiger partial charge on any atom is 0.241 e. The zero-order valence-corrected chi connectivity index (χ0v) is 12.2. The fourth-order valence-electron chi connectivity index (χ4n) is 1.76. The van der Waals surface area contributed by atoms with Crippen molar-refractivity contribution >= 4 is 15.7 Å². The first kappa shape index (κ1) is 15.3. The Morgan fingerprint density at radius 2 is 1.95 bits per heavy atom. The predicted octanol–water partition coefficient (Wildman–Crippen LogP) is 1.90. The topological polar surface area (TPSA) is 81.4 Å². The Morgan fingerprint density at radius 1 is 1.24 bits per heavy atom. The number of nitrogens with two attached hydrogens (primary N) is 1.